The molecule has 0 radical (unpaired) electrons. The second kappa shape index (κ2) is 7.01. The molecule has 0 saturated heterocycles. The van der Waals surface area contributed by atoms with Gasteiger partial charge in [0.1, 0.15) is 5.75 Å². The second-order valence-corrected chi connectivity index (χ2v) is 4.32. The number of carbonyl (C=O) groups is 1. The Kier molecular flexibility index (Phi) is 5.65. The van der Waals surface area contributed by atoms with Gasteiger partial charge < -0.3 is 14.6 Å². The van der Waals surface area contributed by atoms with Gasteiger partial charge in [0.2, 0.25) is 0 Å². The van der Waals surface area contributed by atoms with E-state index in [1.807, 2.05) is 6.92 Å². The standard InChI is InChI=1S/C14H20O4/c1-4-13(15)11-5-7-12(8-6-11)17-9-14(16)18-10(2)3/h5-8,10,13,15H,4,9H2,1-3H3. The van der Waals surface area contributed by atoms with Gasteiger partial charge in [-0.25, -0.2) is 4.79 Å². The number of benzene rings is 1. The molecule has 1 N–H and O–H groups in total. The third-order valence-electron chi connectivity index (χ3n) is 2.38. The molecule has 0 saturated carbocycles. The number of carbonyl (C=O) groups excluding carboxylic acids is 1. The van der Waals surface area contributed by atoms with Crippen LogP contribution in [0.3, 0.4) is 0 Å². The zero-order valence-corrected chi connectivity index (χ0v) is 11.1. The number of rotatable bonds is 6. The summed E-state index contributed by atoms with van der Waals surface area (Å²) in [5.41, 5.74) is 0.842. The smallest absolute Gasteiger partial charge is 0.344 e. The number of aliphatic hydroxyl groups is 1. The van der Waals surface area contributed by atoms with Crippen molar-refractivity contribution >= 4 is 5.97 Å². The maximum Gasteiger partial charge on any atom is 0.344 e. The Morgan fingerprint density at radius 3 is 2.39 bits per heavy atom. The Bertz CT molecular complexity index is 370. The average Bonchev–Trinajstić information content (AvgIpc) is 2.35. The number of esters is 1. The van der Waals surface area contributed by atoms with Crippen molar-refractivity contribution in [1.29, 1.82) is 0 Å². The fourth-order valence-corrected chi connectivity index (χ4v) is 1.46. The van der Waals surface area contributed by atoms with Crippen molar-refractivity contribution in [2.24, 2.45) is 0 Å². The van der Waals surface area contributed by atoms with Crippen LogP contribution in [0.5, 0.6) is 5.75 Å². The summed E-state index contributed by atoms with van der Waals surface area (Å²) in [6.45, 7) is 5.39. The molecule has 18 heavy (non-hydrogen) atoms. The van der Waals surface area contributed by atoms with Crippen molar-refractivity contribution in [1.82, 2.24) is 0 Å². The molecule has 0 aromatic heterocycles. The summed E-state index contributed by atoms with van der Waals surface area (Å²) >= 11 is 0. The van der Waals surface area contributed by atoms with Crippen LogP contribution in [0.15, 0.2) is 24.3 Å². The fourth-order valence-electron chi connectivity index (χ4n) is 1.46. The number of hydrogen-bond acceptors (Lipinski definition) is 4. The first kappa shape index (κ1) is 14.5. The van der Waals surface area contributed by atoms with E-state index in [4.69, 9.17) is 9.47 Å². The van der Waals surface area contributed by atoms with Crippen LogP contribution < -0.4 is 4.74 Å². The molecule has 1 aromatic rings. The third-order valence-corrected chi connectivity index (χ3v) is 2.38. The van der Waals surface area contributed by atoms with Crippen LogP contribution >= 0.6 is 0 Å². The van der Waals surface area contributed by atoms with Gasteiger partial charge in [0.25, 0.3) is 0 Å². The SMILES string of the molecule is CCC(O)c1ccc(OCC(=O)OC(C)C)cc1. The first-order chi connectivity index (χ1) is 8.52. The minimum Gasteiger partial charge on any atom is -0.482 e. The molecular formula is C14H20O4. The number of ether oxygens (including phenoxy) is 2. The highest BCUT2D eigenvalue weighted by molar-refractivity contribution is 5.71. The molecule has 1 atom stereocenters. The molecule has 1 aromatic carbocycles. The Morgan fingerprint density at radius 1 is 1.28 bits per heavy atom. The van der Waals surface area contributed by atoms with Gasteiger partial charge in [-0.3, -0.25) is 0 Å². The van der Waals surface area contributed by atoms with Gasteiger partial charge in [-0.2, -0.15) is 0 Å². The van der Waals surface area contributed by atoms with Crippen LogP contribution in [0, 0.1) is 0 Å². The molecule has 0 aliphatic rings. The van der Waals surface area contributed by atoms with Crippen LogP contribution in [0.25, 0.3) is 0 Å². The Labute approximate surface area is 108 Å². The van der Waals surface area contributed by atoms with Crippen molar-refractivity contribution < 1.29 is 19.4 Å². The summed E-state index contributed by atoms with van der Waals surface area (Å²) in [5.74, 6) is 0.199. The van der Waals surface area contributed by atoms with Gasteiger partial charge in [0.05, 0.1) is 12.2 Å². The zero-order valence-electron chi connectivity index (χ0n) is 11.1. The molecule has 0 aliphatic carbocycles. The van der Waals surface area contributed by atoms with E-state index in [0.717, 1.165) is 5.56 Å². The van der Waals surface area contributed by atoms with E-state index in [1.165, 1.54) is 0 Å². The topological polar surface area (TPSA) is 55.8 Å². The summed E-state index contributed by atoms with van der Waals surface area (Å²) in [6, 6.07) is 7.04. The number of aliphatic hydroxyl groups excluding tert-OH is 1. The van der Waals surface area contributed by atoms with Crippen LogP contribution in [0.4, 0.5) is 0 Å². The lowest BCUT2D eigenvalue weighted by Gasteiger charge is -2.11. The van der Waals surface area contributed by atoms with E-state index in [-0.39, 0.29) is 18.7 Å². The highest BCUT2D eigenvalue weighted by Gasteiger charge is 2.07. The monoisotopic (exact) mass is 252 g/mol. The summed E-state index contributed by atoms with van der Waals surface area (Å²) in [4.78, 5) is 11.3. The van der Waals surface area contributed by atoms with E-state index in [1.54, 1.807) is 38.1 Å². The average molecular weight is 252 g/mol. The van der Waals surface area contributed by atoms with E-state index >= 15 is 0 Å². The third kappa shape index (κ3) is 4.75. The van der Waals surface area contributed by atoms with Crippen molar-refractivity contribution in [2.75, 3.05) is 6.61 Å². The maximum absolute atomic E-state index is 11.3. The summed E-state index contributed by atoms with van der Waals surface area (Å²) < 4.78 is 10.2. The molecule has 0 aliphatic heterocycles. The van der Waals surface area contributed by atoms with E-state index < -0.39 is 6.10 Å². The fraction of sp³-hybridized carbons (Fsp3) is 0.500. The molecule has 1 unspecified atom stereocenters. The molecular weight excluding hydrogens is 232 g/mol. The minimum atomic E-state index is -0.454. The molecule has 0 spiro atoms. The highest BCUT2D eigenvalue weighted by atomic mass is 16.6. The predicted octanol–water partition coefficient (Wildman–Crippen LogP) is 2.46. The molecule has 0 amide bonds. The maximum atomic E-state index is 11.3. The first-order valence-corrected chi connectivity index (χ1v) is 6.13. The van der Waals surface area contributed by atoms with Gasteiger partial charge >= 0.3 is 5.97 Å². The van der Waals surface area contributed by atoms with Gasteiger partial charge in [0, 0.05) is 0 Å². The lowest BCUT2D eigenvalue weighted by atomic mass is 10.1. The lowest BCUT2D eigenvalue weighted by Crippen LogP contribution is -2.18. The van der Waals surface area contributed by atoms with Gasteiger partial charge in [0.15, 0.2) is 6.61 Å². The molecule has 0 fully saturated rings. The zero-order chi connectivity index (χ0) is 13.5. The van der Waals surface area contributed by atoms with Crippen LogP contribution in [0.2, 0.25) is 0 Å². The molecule has 100 valence electrons. The molecule has 0 bridgehead atoms. The summed E-state index contributed by atoms with van der Waals surface area (Å²) in [5, 5.41) is 9.62. The van der Waals surface area contributed by atoms with Gasteiger partial charge in [-0.05, 0) is 38.0 Å². The van der Waals surface area contributed by atoms with Gasteiger partial charge in [-0.1, -0.05) is 19.1 Å². The van der Waals surface area contributed by atoms with Crippen LogP contribution in [-0.2, 0) is 9.53 Å². The normalized spacial score (nSPS) is 12.3. The molecule has 4 heteroatoms. The van der Waals surface area contributed by atoms with E-state index in [2.05, 4.69) is 0 Å². The van der Waals surface area contributed by atoms with E-state index in [9.17, 15) is 9.90 Å². The number of hydrogen-bond donors (Lipinski definition) is 1. The summed E-state index contributed by atoms with van der Waals surface area (Å²) in [7, 11) is 0. The first-order valence-electron chi connectivity index (χ1n) is 6.13. The van der Waals surface area contributed by atoms with Crippen molar-refractivity contribution in [2.45, 2.75) is 39.4 Å². The van der Waals surface area contributed by atoms with Crippen LogP contribution in [-0.4, -0.2) is 23.8 Å². The molecule has 0 heterocycles. The minimum absolute atomic E-state index is 0.103. The van der Waals surface area contributed by atoms with Crippen molar-refractivity contribution in [3.05, 3.63) is 29.8 Å². The van der Waals surface area contributed by atoms with Crippen molar-refractivity contribution in [3.63, 3.8) is 0 Å². The highest BCUT2D eigenvalue weighted by Crippen LogP contribution is 2.19. The quantitative estimate of drug-likeness (QED) is 0.790. The molecule has 4 nitrogen and oxygen atoms in total. The Balaban J connectivity index is 2.46. The van der Waals surface area contributed by atoms with Crippen LogP contribution in [0.1, 0.15) is 38.9 Å². The van der Waals surface area contributed by atoms with Crippen molar-refractivity contribution in [3.8, 4) is 5.75 Å². The molecule has 1 rings (SSSR count). The lowest BCUT2D eigenvalue weighted by molar-refractivity contribution is -0.149. The second-order valence-electron chi connectivity index (χ2n) is 4.32. The van der Waals surface area contributed by atoms with Gasteiger partial charge in [-0.15, -0.1) is 0 Å². The van der Waals surface area contributed by atoms with E-state index in [0.29, 0.717) is 12.2 Å². The Morgan fingerprint density at radius 2 is 1.89 bits per heavy atom. The largest absolute Gasteiger partial charge is 0.482 e. The predicted molar refractivity (Wildman–Crippen MR) is 68.4 cm³/mol. The summed E-state index contributed by atoms with van der Waals surface area (Å²) in [6.07, 6.45) is 0.0779. The Hall–Kier alpha value is -1.55.